The summed E-state index contributed by atoms with van der Waals surface area (Å²) in [6.07, 6.45) is 2.69. The number of nitrogens with one attached hydrogen (secondary N) is 2. The fourth-order valence-corrected chi connectivity index (χ4v) is 4.33. The van der Waals surface area contributed by atoms with Crippen LogP contribution in [-0.4, -0.2) is 88.9 Å². The third kappa shape index (κ3) is 8.40. The number of hydrogen-bond acceptors (Lipinski definition) is 5. The molecule has 2 fully saturated rings. The van der Waals surface area contributed by atoms with Crippen molar-refractivity contribution in [3.63, 3.8) is 0 Å². The summed E-state index contributed by atoms with van der Waals surface area (Å²) in [5.74, 6) is 2.35. The molecule has 1 aromatic carbocycles. The highest BCUT2D eigenvalue weighted by Crippen LogP contribution is 2.23. The second-order valence-corrected chi connectivity index (χ2v) is 8.38. The Kier molecular flexibility index (Phi) is 11.9. The summed E-state index contributed by atoms with van der Waals surface area (Å²) in [5.41, 5.74) is 1.28. The van der Waals surface area contributed by atoms with Crippen LogP contribution in [0.2, 0.25) is 0 Å². The second-order valence-electron chi connectivity index (χ2n) is 8.38. The van der Waals surface area contributed by atoms with Crippen molar-refractivity contribution in [2.75, 3.05) is 73.2 Å². The predicted molar refractivity (Wildman–Crippen MR) is 138 cm³/mol. The first kappa shape index (κ1) is 26.2. The van der Waals surface area contributed by atoms with E-state index in [0.717, 1.165) is 57.6 Å². The molecule has 2 aliphatic heterocycles. The molecule has 0 bridgehead atoms. The van der Waals surface area contributed by atoms with Gasteiger partial charge >= 0.3 is 0 Å². The number of morpholine rings is 1. The Labute approximate surface area is 205 Å². The first-order valence-electron chi connectivity index (χ1n) is 11.3. The molecule has 2 saturated heterocycles. The molecule has 2 aliphatic rings. The van der Waals surface area contributed by atoms with E-state index in [1.54, 1.807) is 7.11 Å². The number of nitrogens with zero attached hydrogens (tertiary/aromatic N) is 3. The molecule has 3 rings (SSSR count). The molecule has 0 saturated carbocycles. The summed E-state index contributed by atoms with van der Waals surface area (Å²) in [6.45, 7) is 11.2. The van der Waals surface area contributed by atoms with Gasteiger partial charge in [-0.25, -0.2) is 0 Å². The van der Waals surface area contributed by atoms with E-state index in [4.69, 9.17) is 9.47 Å². The maximum atomic E-state index is 5.57. The molecular formula is C23H40IN5O2. The number of likely N-dealkylation sites (tertiary alicyclic amines) is 1. The third-order valence-electron chi connectivity index (χ3n) is 6.06. The molecule has 0 aliphatic carbocycles. The van der Waals surface area contributed by atoms with Crippen LogP contribution in [0.4, 0.5) is 0 Å². The highest BCUT2D eigenvalue weighted by molar-refractivity contribution is 14.0. The Balaban J connectivity index is 0.00000341. The summed E-state index contributed by atoms with van der Waals surface area (Å²) in [7, 11) is 3.55. The van der Waals surface area contributed by atoms with E-state index in [9.17, 15) is 0 Å². The fraction of sp³-hybridized carbons (Fsp3) is 0.696. The fourth-order valence-electron chi connectivity index (χ4n) is 4.33. The molecule has 2 unspecified atom stereocenters. The number of hydrogen-bond donors (Lipinski definition) is 2. The molecule has 2 atom stereocenters. The van der Waals surface area contributed by atoms with E-state index in [1.165, 1.54) is 31.5 Å². The maximum Gasteiger partial charge on any atom is 0.191 e. The number of ether oxygens (including phenoxy) is 2. The Bertz CT molecular complexity index is 646. The molecule has 0 aromatic heterocycles. The predicted octanol–water partition coefficient (Wildman–Crippen LogP) is 2.58. The lowest BCUT2D eigenvalue weighted by molar-refractivity contribution is 0.0170. The summed E-state index contributed by atoms with van der Waals surface area (Å²) in [5, 5.41) is 7.07. The van der Waals surface area contributed by atoms with E-state index in [2.05, 4.69) is 44.5 Å². The normalized spacial score (nSPS) is 20.0. The number of halogens is 1. The van der Waals surface area contributed by atoms with Gasteiger partial charge in [0.2, 0.25) is 0 Å². The summed E-state index contributed by atoms with van der Waals surface area (Å²) >= 11 is 0. The van der Waals surface area contributed by atoms with Crippen molar-refractivity contribution in [1.29, 1.82) is 0 Å². The molecule has 1 aromatic rings. The second kappa shape index (κ2) is 14.1. The van der Waals surface area contributed by atoms with E-state index in [1.807, 2.05) is 19.2 Å². The van der Waals surface area contributed by atoms with Gasteiger partial charge in [-0.2, -0.15) is 0 Å². The van der Waals surface area contributed by atoms with E-state index >= 15 is 0 Å². The van der Waals surface area contributed by atoms with Crippen molar-refractivity contribution in [2.45, 2.75) is 25.8 Å². The minimum atomic E-state index is 0. The maximum absolute atomic E-state index is 5.57. The summed E-state index contributed by atoms with van der Waals surface area (Å²) in [6, 6.07) is 8.66. The SMILES string of the molecule is CN=C(NCC(C)CN1CCCC1)NCC(c1ccc(OC)cc1)N1CCOCC1.I. The van der Waals surface area contributed by atoms with Gasteiger partial charge in [0.05, 0.1) is 26.4 Å². The molecule has 7 nitrogen and oxygen atoms in total. The zero-order chi connectivity index (χ0) is 21.2. The molecule has 2 N–H and O–H groups in total. The van der Waals surface area contributed by atoms with E-state index in [-0.39, 0.29) is 30.0 Å². The van der Waals surface area contributed by atoms with E-state index in [0.29, 0.717) is 5.92 Å². The molecule has 8 heteroatoms. The van der Waals surface area contributed by atoms with Crippen LogP contribution in [0.15, 0.2) is 29.3 Å². The molecule has 2 heterocycles. The van der Waals surface area contributed by atoms with Gasteiger partial charge in [-0.05, 0) is 49.5 Å². The van der Waals surface area contributed by atoms with Crippen molar-refractivity contribution < 1.29 is 9.47 Å². The van der Waals surface area contributed by atoms with Crippen LogP contribution >= 0.6 is 24.0 Å². The Morgan fingerprint density at radius 3 is 2.32 bits per heavy atom. The molecule has 0 spiro atoms. The first-order valence-corrected chi connectivity index (χ1v) is 11.3. The van der Waals surface area contributed by atoms with Gasteiger partial charge in [0, 0.05) is 39.8 Å². The zero-order valence-electron chi connectivity index (χ0n) is 19.3. The van der Waals surface area contributed by atoms with Gasteiger partial charge < -0.3 is 25.0 Å². The highest BCUT2D eigenvalue weighted by atomic mass is 127. The Hall–Kier alpha value is -1.10. The molecule has 0 radical (unpaired) electrons. The van der Waals surface area contributed by atoms with Gasteiger partial charge in [-0.1, -0.05) is 19.1 Å². The molecule has 31 heavy (non-hydrogen) atoms. The van der Waals surface area contributed by atoms with Crippen LogP contribution in [-0.2, 0) is 4.74 Å². The highest BCUT2D eigenvalue weighted by Gasteiger charge is 2.23. The van der Waals surface area contributed by atoms with Gasteiger partial charge in [0.15, 0.2) is 5.96 Å². The van der Waals surface area contributed by atoms with Gasteiger partial charge in [-0.3, -0.25) is 9.89 Å². The van der Waals surface area contributed by atoms with Crippen LogP contribution in [0.1, 0.15) is 31.4 Å². The minimum absolute atomic E-state index is 0. The lowest BCUT2D eigenvalue weighted by atomic mass is 10.0. The number of methoxy groups -OCH3 is 1. The van der Waals surface area contributed by atoms with E-state index < -0.39 is 0 Å². The van der Waals surface area contributed by atoms with Crippen molar-refractivity contribution in [3.05, 3.63) is 29.8 Å². The van der Waals surface area contributed by atoms with Crippen LogP contribution in [0, 0.1) is 5.92 Å². The Morgan fingerprint density at radius 2 is 1.71 bits per heavy atom. The van der Waals surface area contributed by atoms with Crippen molar-refractivity contribution in [2.24, 2.45) is 10.9 Å². The van der Waals surface area contributed by atoms with Crippen molar-refractivity contribution in [1.82, 2.24) is 20.4 Å². The van der Waals surface area contributed by atoms with Gasteiger partial charge in [0.25, 0.3) is 0 Å². The summed E-state index contributed by atoms with van der Waals surface area (Å²) < 4.78 is 10.9. The number of benzene rings is 1. The average Bonchev–Trinajstić information content (AvgIpc) is 3.30. The zero-order valence-corrected chi connectivity index (χ0v) is 21.6. The molecule has 0 amide bonds. The lowest BCUT2D eigenvalue weighted by Crippen LogP contribution is -2.47. The third-order valence-corrected chi connectivity index (χ3v) is 6.06. The first-order chi connectivity index (χ1) is 14.7. The van der Waals surface area contributed by atoms with Crippen LogP contribution in [0.3, 0.4) is 0 Å². The topological polar surface area (TPSA) is 61.4 Å². The van der Waals surface area contributed by atoms with Crippen LogP contribution in [0.25, 0.3) is 0 Å². The van der Waals surface area contributed by atoms with Crippen LogP contribution < -0.4 is 15.4 Å². The number of rotatable bonds is 9. The standard InChI is InChI=1S/C23H39N5O2.HI/c1-19(18-27-10-4-5-11-27)16-25-23(24-2)26-17-22(28-12-14-30-15-13-28)20-6-8-21(29-3)9-7-20;/h6-9,19,22H,4-5,10-18H2,1-3H3,(H2,24,25,26);1H. The van der Waals surface area contributed by atoms with Gasteiger partial charge in [0.1, 0.15) is 5.75 Å². The molecular weight excluding hydrogens is 505 g/mol. The average molecular weight is 546 g/mol. The minimum Gasteiger partial charge on any atom is -0.497 e. The monoisotopic (exact) mass is 545 g/mol. The van der Waals surface area contributed by atoms with Gasteiger partial charge in [-0.15, -0.1) is 24.0 Å². The number of guanidine groups is 1. The van der Waals surface area contributed by atoms with Crippen LogP contribution in [0.5, 0.6) is 5.75 Å². The Morgan fingerprint density at radius 1 is 1.06 bits per heavy atom. The smallest absolute Gasteiger partial charge is 0.191 e. The quantitative estimate of drug-likeness (QED) is 0.283. The molecule has 176 valence electrons. The number of aliphatic imine (C=N–C) groups is 1. The lowest BCUT2D eigenvalue weighted by Gasteiger charge is -2.35. The summed E-state index contributed by atoms with van der Waals surface area (Å²) in [4.78, 5) is 9.51. The largest absolute Gasteiger partial charge is 0.497 e. The van der Waals surface area contributed by atoms with Crippen molar-refractivity contribution >= 4 is 29.9 Å². The van der Waals surface area contributed by atoms with Crippen molar-refractivity contribution in [3.8, 4) is 5.75 Å².